The van der Waals surface area contributed by atoms with E-state index in [0.717, 1.165) is 31.6 Å². The molecule has 184 valence electrons. The van der Waals surface area contributed by atoms with Crippen molar-refractivity contribution >= 4 is 35.1 Å². The molecular weight excluding hydrogens is 474 g/mol. The Morgan fingerprint density at radius 3 is 2.65 bits per heavy atom. The monoisotopic (exact) mass is 505 g/mol. The molecule has 1 amide bonds. The standard InChI is InChI=1S/C24H32ClN5O3S/c1-14-22(34-18-7-5-6-16(19(18)25)23(32)29(3)4)28-17(12-31)21(27-14)30-10-8-24(9-11-30)13-33-15(2)20(24)26/h5-7,15,20,31H,8-13,26H2,1-4H3/t15-,20+/m0/s1. The number of hydrogen-bond acceptors (Lipinski definition) is 8. The number of nitrogens with two attached hydrogens (primary N) is 1. The fourth-order valence-corrected chi connectivity index (χ4v) is 5.94. The number of benzene rings is 1. The van der Waals surface area contributed by atoms with Crippen LogP contribution in [-0.2, 0) is 11.3 Å². The van der Waals surface area contributed by atoms with Crippen LogP contribution >= 0.6 is 23.4 Å². The summed E-state index contributed by atoms with van der Waals surface area (Å²) in [5, 5.41) is 11.1. The second kappa shape index (κ2) is 9.99. The van der Waals surface area contributed by atoms with E-state index in [-0.39, 0.29) is 30.1 Å². The van der Waals surface area contributed by atoms with Crippen molar-refractivity contribution in [2.24, 2.45) is 11.1 Å². The van der Waals surface area contributed by atoms with Gasteiger partial charge < -0.3 is 25.4 Å². The number of aromatic nitrogens is 2. The highest BCUT2D eigenvalue weighted by molar-refractivity contribution is 7.99. The van der Waals surface area contributed by atoms with Gasteiger partial charge in [-0.3, -0.25) is 4.79 Å². The van der Waals surface area contributed by atoms with Crippen molar-refractivity contribution in [3.63, 3.8) is 0 Å². The number of rotatable bonds is 5. The van der Waals surface area contributed by atoms with Crippen molar-refractivity contribution in [3.05, 3.63) is 40.2 Å². The van der Waals surface area contributed by atoms with Gasteiger partial charge in [-0.25, -0.2) is 9.97 Å². The van der Waals surface area contributed by atoms with E-state index < -0.39 is 0 Å². The van der Waals surface area contributed by atoms with Gasteiger partial charge in [0.15, 0.2) is 5.82 Å². The van der Waals surface area contributed by atoms with Gasteiger partial charge in [-0.1, -0.05) is 29.4 Å². The van der Waals surface area contributed by atoms with E-state index in [1.807, 2.05) is 19.9 Å². The summed E-state index contributed by atoms with van der Waals surface area (Å²) >= 11 is 7.91. The molecule has 10 heteroatoms. The number of piperidine rings is 1. The molecular formula is C24H32ClN5O3S. The summed E-state index contributed by atoms with van der Waals surface area (Å²) < 4.78 is 5.83. The topological polar surface area (TPSA) is 105 Å². The highest BCUT2D eigenvalue weighted by Crippen LogP contribution is 2.42. The van der Waals surface area contributed by atoms with Gasteiger partial charge in [-0.05, 0) is 38.8 Å². The molecule has 1 spiro atoms. The molecule has 2 atom stereocenters. The fourth-order valence-electron chi connectivity index (χ4n) is 4.72. The van der Waals surface area contributed by atoms with E-state index in [1.54, 1.807) is 26.2 Å². The van der Waals surface area contributed by atoms with Gasteiger partial charge in [0, 0.05) is 43.5 Å². The maximum Gasteiger partial charge on any atom is 0.254 e. The largest absolute Gasteiger partial charge is 0.390 e. The second-order valence-electron chi connectivity index (χ2n) is 9.35. The number of carbonyl (C=O) groups is 1. The number of hydrogen-bond donors (Lipinski definition) is 2. The van der Waals surface area contributed by atoms with Crippen LogP contribution in [0.2, 0.25) is 5.02 Å². The van der Waals surface area contributed by atoms with Crippen molar-refractivity contribution in [2.75, 3.05) is 38.7 Å². The predicted molar refractivity (Wildman–Crippen MR) is 134 cm³/mol. The third-order valence-corrected chi connectivity index (χ3v) is 8.60. The van der Waals surface area contributed by atoms with E-state index >= 15 is 0 Å². The zero-order valence-electron chi connectivity index (χ0n) is 20.0. The molecule has 2 aliphatic heterocycles. The average Bonchev–Trinajstić information content (AvgIpc) is 3.10. The van der Waals surface area contributed by atoms with Gasteiger partial charge in [0.1, 0.15) is 10.7 Å². The molecule has 2 saturated heterocycles. The summed E-state index contributed by atoms with van der Waals surface area (Å²) in [6.45, 7) is 6.00. The number of nitrogens with zero attached hydrogens (tertiary/aromatic N) is 4. The third-order valence-electron chi connectivity index (χ3n) is 6.94. The van der Waals surface area contributed by atoms with Crippen molar-refractivity contribution in [2.45, 2.75) is 55.4 Å². The van der Waals surface area contributed by atoms with Crippen molar-refractivity contribution in [3.8, 4) is 0 Å². The Morgan fingerprint density at radius 2 is 2.06 bits per heavy atom. The third kappa shape index (κ3) is 4.64. The minimum absolute atomic E-state index is 0.0132. The van der Waals surface area contributed by atoms with Crippen molar-refractivity contribution < 1.29 is 14.6 Å². The molecule has 34 heavy (non-hydrogen) atoms. The summed E-state index contributed by atoms with van der Waals surface area (Å²) in [5.41, 5.74) is 8.18. The van der Waals surface area contributed by atoms with Crippen LogP contribution in [0.1, 0.15) is 41.5 Å². The van der Waals surface area contributed by atoms with Crippen LogP contribution in [0.5, 0.6) is 0 Å². The molecule has 2 aliphatic rings. The second-order valence-corrected chi connectivity index (χ2v) is 10.8. The fraction of sp³-hybridized carbons (Fsp3) is 0.542. The molecule has 4 rings (SSSR count). The maximum absolute atomic E-state index is 12.4. The van der Waals surface area contributed by atoms with Crippen LogP contribution in [0, 0.1) is 12.3 Å². The number of halogens is 1. The van der Waals surface area contributed by atoms with Gasteiger partial charge in [0.05, 0.1) is 35.6 Å². The molecule has 2 fully saturated rings. The first-order chi connectivity index (χ1) is 16.2. The predicted octanol–water partition coefficient (Wildman–Crippen LogP) is 3.12. The van der Waals surface area contributed by atoms with Crippen LogP contribution in [0.3, 0.4) is 0 Å². The average molecular weight is 506 g/mol. The Labute approximate surface area is 209 Å². The van der Waals surface area contributed by atoms with E-state index in [2.05, 4.69) is 4.90 Å². The maximum atomic E-state index is 12.4. The summed E-state index contributed by atoms with van der Waals surface area (Å²) in [5.74, 6) is 0.550. The summed E-state index contributed by atoms with van der Waals surface area (Å²) in [7, 11) is 3.38. The molecule has 3 N–H and O–H groups in total. The number of aliphatic hydroxyl groups excluding tert-OH is 1. The molecule has 0 radical (unpaired) electrons. The zero-order chi connectivity index (χ0) is 24.6. The van der Waals surface area contributed by atoms with E-state index in [4.69, 9.17) is 32.0 Å². The Balaban J connectivity index is 1.56. The smallest absolute Gasteiger partial charge is 0.254 e. The number of amides is 1. The molecule has 8 nitrogen and oxygen atoms in total. The molecule has 1 aromatic heterocycles. The Hall–Kier alpha value is -1.91. The van der Waals surface area contributed by atoms with E-state index in [0.29, 0.717) is 38.6 Å². The summed E-state index contributed by atoms with van der Waals surface area (Å²) in [6, 6.07) is 5.40. The number of carbonyl (C=O) groups excluding carboxylic acids is 1. The normalized spacial score (nSPS) is 21.8. The molecule has 3 heterocycles. The summed E-state index contributed by atoms with van der Waals surface area (Å²) in [4.78, 5) is 26.4. The number of anilines is 1. The lowest BCUT2D eigenvalue weighted by molar-refractivity contribution is 0.0827. The molecule has 0 aliphatic carbocycles. The zero-order valence-corrected chi connectivity index (χ0v) is 21.6. The number of aliphatic hydroxyl groups is 1. The van der Waals surface area contributed by atoms with Gasteiger partial charge >= 0.3 is 0 Å². The molecule has 2 aromatic rings. The minimum Gasteiger partial charge on any atom is -0.390 e. The lowest BCUT2D eigenvalue weighted by Gasteiger charge is -2.42. The lowest BCUT2D eigenvalue weighted by atomic mass is 9.73. The Morgan fingerprint density at radius 1 is 1.35 bits per heavy atom. The highest BCUT2D eigenvalue weighted by atomic mass is 35.5. The van der Waals surface area contributed by atoms with Gasteiger partial charge in [-0.2, -0.15) is 0 Å². The van der Waals surface area contributed by atoms with Crippen LogP contribution in [0.15, 0.2) is 28.1 Å². The lowest BCUT2D eigenvalue weighted by Crippen LogP contribution is -2.51. The molecule has 0 saturated carbocycles. The van der Waals surface area contributed by atoms with Gasteiger partial charge in [0.2, 0.25) is 0 Å². The van der Waals surface area contributed by atoms with Gasteiger partial charge in [0.25, 0.3) is 5.91 Å². The SMILES string of the molecule is Cc1nc(N2CCC3(CC2)CO[C@@H](C)[C@H]3N)c(CO)nc1Sc1cccc(C(=O)N(C)C)c1Cl. The molecule has 1 aromatic carbocycles. The Bertz CT molecular complexity index is 1070. The number of aryl methyl sites for hydroxylation is 1. The Kier molecular flexibility index (Phi) is 7.40. The first-order valence-electron chi connectivity index (χ1n) is 11.5. The van der Waals surface area contributed by atoms with Crippen molar-refractivity contribution in [1.82, 2.24) is 14.9 Å². The highest BCUT2D eigenvalue weighted by Gasteiger charge is 2.47. The number of ether oxygens (including phenoxy) is 1. The first-order valence-corrected chi connectivity index (χ1v) is 12.6. The van der Waals surface area contributed by atoms with E-state index in [1.165, 1.54) is 16.7 Å². The van der Waals surface area contributed by atoms with Gasteiger partial charge in [-0.15, -0.1) is 0 Å². The first kappa shape index (κ1) is 25.2. The van der Waals surface area contributed by atoms with Crippen LogP contribution in [-0.4, -0.2) is 71.8 Å². The van der Waals surface area contributed by atoms with E-state index in [9.17, 15) is 9.90 Å². The molecule has 0 bridgehead atoms. The molecule has 0 unspecified atom stereocenters. The minimum atomic E-state index is -0.218. The quantitative estimate of drug-likeness (QED) is 0.638. The van der Waals surface area contributed by atoms with Crippen LogP contribution in [0.4, 0.5) is 5.82 Å². The van der Waals surface area contributed by atoms with Crippen molar-refractivity contribution in [1.29, 1.82) is 0 Å². The van der Waals surface area contributed by atoms with Crippen LogP contribution < -0.4 is 10.6 Å². The summed E-state index contributed by atoms with van der Waals surface area (Å²) in [6.07, 6.45) is 1.92. The van der Waals surface area contributed by atoms with Crippen LogP contribution in [0.25, 0.3) is 0 Å².